The predicted molar refractivity (Wildman–Crippen MR) is 112 cm³/mol. The van der Waals surface area contributed by atoms with Crippen LogP contribution in [0.25, 0.3) is 21.9 Å². The van der Waals surface area contributed by atoms with Crippen LogP contribution in [0.5, 0.6) is 0 Å². The molecule has 0 aliphatic carbocycles. The van der Waals surface area contributed by atoms with Gasteiger partial charge in [0.15, 0.2) is 0 Å². The van der Waals surface area contributed by atoms with Crippen LogP contribution >= 0.6 is 0 Å². The van der Waals surface area contributed by atoms with Crippen molar-refractivity contribution >= 4 is 28.7 Å². The number of aryl methyl sites for hydroxylation is 2. The third-order valence-electron chi connectivity index (χ3n) is 4.53. The van der Waals surface area contributed by atoms with Crippen molar-refractivity contribution in [1.29, 1.82) is 0 Å². The van der Waals surface area contributed by atoms with Gasteiger partial charge in [0.05, 0.1) is 0 Å². The molecule has 0 unspecified atom stereocenters. The molecule has 1 aromatic carbocycles. The van der Waals surface area contributed by atoms with Gasteiger partial charge in [0.25, 0.3) is 0 Å². The van der Waals surface area contributed by atoms with E-state index < -0.39 is 6.09 Å². The van der Waals surface area contributed by atoms with E-state index in [0.717, 1.165) is 38.7 Å². The van der Waals surface area contributed by atoms with E-state index in [2.05, 4.69) is 25.9 Å². The summed E-state index contributed by atoms with van der Waals surface area (Å²) < 4.78 is 0. The van der Waals surface area contributed by atoms with Gasteiger partial charge >= 0.3 is 12.1 Å². The zero-order chi connectivity index (χ0) is 21.0. The number of hydrogen-bond acceptors (Lipinski definition) is 4. The molecule has 0 aliphatic heterocycles. The molecule has 3 aromatic rings. The van der Waals surface area contributed by atoms with Crippen LogP contribution in [0, 0.1) is 13.8 Å². The Balaban J connectivity index is 2.16. The van der Waals surface area contributed by atoms with Crippen LogP contribution in [0.15, 0.2) is 36.7 Å². The number of urea groups is 1. The number of pyridine rings is 2. The van der Waals surface area contributed by atoms with Crippen molar-refractivity contribution in [1.82, 2.24) is 20.6 Å². The molecular formula is C21H23N5O3. The van der Waals surface area contributed by atoms with Gasteiger partial charge in [-0.2, -0.15) is 0 Å². The molecule has 0 fully saturated rings. The van der Waals surface area contributed by atoms with E-state index in [-0.39, 0.29) is 12.6 Å². The zero-order valence-corrected chi connectivity index (χ0v) is 16.5. The summed E-state index contributed by atoms with van der Waals surface area (Å²) in [5.74, 6) is 0.413. The van der Waals surface area contributed by atoms with Crippen molar-refractivity contribution in [3.8, 4) is 11.1 Å². The number of nitrogens with one attached hydrogen (secondary N) is 3. The first-order valence-corrected chi connectivity index (χ1v) is 9.26. The second kappa shape index (κ2) is 8.55. The molecule has 8 nitrogen and oxygen atoms in total. The monoisotopic (exact) mass is 393 g/mol. The lowest BCUT2D eigenvalue weighted by molar-refractivity contribution is 0.194. The Morgan fingerprint density at radius 2 is 1.79 bits per heavy atom. The molecule has 3 rings (SSSR count). The van der Waals surface area contributed by atoms with Crippen molar-refractivity contribution < 1.29 is 14.7 Å². The zero-order valence-electron chi connectivity index (χ0n) is 16.5. The van der Waals surface area contributed by atoms with Gasteiger partial charge in [-0.15, -0.1) is 0 Å². The summed E-state index contributed by atoms with van der Waals surface area (Å²) in [4.78, 5) is 31.5. The van der Waals surface area contributed by atoms with Gasteiger partial charge in [0.2, 0.25) is 0 Å². The van der Waals surface area contributed by atoms with Crippen LogP contribution in [0.1, 0.15) is 23.7 Å². The highest BCUT2D eigenvalue weighted by atomic mass is 16.4. The summed E-state index contributed by atoms with van der Waals surface area (Å²) in [6.07, 6.45) is 2.39. The topological polar surface area (TPSA) is 116 Å². The summed E-state index contributed by atoms with van der Waals surface area (Å²) in [6.45, 7) is 6.42. The number of carbonyl (C=O) groups excluding carboxylic acids is 1. The van der Waals surface area contributed by atoms with Crippen LogP contribution in [0.3, 0.4) is 0 Å². The van der Waals surface area contributed by atoms with E-state index in [4.69, 9.17) is 5.11 Å². The molecule has 0 bridgehead atoms. The Morgan fingerprint density at radius 1 is 1.00 bits per heavy atom. The summed E-state index contributed by atoms with van der Waals surface area (Å²) in [6, 6.07) is 7.33. The van der Waals surface area contributed by atoms with Gasteiger partial charge in [-0.3, -0.25) is 10.3 Å². The van der Waals surface area contributed by atoms with E-state index in [0.29, 0.717) is 12.4 Å². The third-order valence-corrected chi connectivity index (χ3v) is 4.53. The van der Waals surface area contributed by atoms with Crippen molar-refractivity contribution in [2.75, 3.05) is 11.9 Å². The van der Waals surface area contributed by atoms with E-state index in [1.807, 2.05) is 45.2 Å². The highest BCUT2D eigenvalue weighted by molar-refractivity contribution is 6.01. The number of carboxylic acid groups (broad SMARTS) is 1. The average Bonchev–Trinajstić information content (AvgIpc) is 2.68. The molecule has 8 heteroatoms. The highest BCUT2D eigenvalue weighted by Gasteiger charge is 2.13. The molecule has 0 radical (unpaired) electrons. The Labute approximate surface area is 168 Å². The van der Waals surface area contributed by atoms with Crippen LogP contribution in [0.4, 0.5) is 15.4 Å². The lowest BCUT2D eigenvalue weighted by Crippen LogP contribution is -2.28. The first kappa shape index (κ1) is 20.1. The molecule has 3 amide bonds. The van der Waals surface area contributed by atoms with Gasteiger partial charge in [0, 0.05) is 36.6 Å². The number of carbonyl (C=O) groups is 2. The largest absolute Gasteiger partial charge is 0.465 e. The summed E-state index contributed by atoms with van der Waals surface area (Å²) in [5, 5.41) is 18.4. The van der Waals surface area contributed by atoms with Crippen molar-refractivity contribution in [2.24, 2.45) is 0 Å². The molecule has 150 valence electrons. The standard InChI is InChI=1S/C21H23N5O3/c1-4-22-20(27)26-19-8-17-15(16-7-13(3)23-9-12(16)2)6-5-14(10-25-21(28)29)18(17)11-24-19/h5-9,11,25H,4,10H2,1-3H3,(H,28,29)(H2,22,24,26,27). The first-order chi connectivity index (χ1) is 13.9. The molecule has 0 spiro atoms. The Kier molecular flexibility index (Phi) is 5.92. The minimum atomic E-state index is -1.09. The SMILES string of the molecule is CCNC(=O)Nc1cc2c(-c3cc(C)ncc3C)ccc(CNC(=O)O)c2cn1. The summed E-state index contributed by atoms with van der Waals surface area (Å²) >= 11 is 0. The maximum atomic E-state index is 11.9. The average molecular weight is 393 g/mol. The fourth-order valence-electron chi connectivity index (χ4n) is 3.17. The molecule has 2 aromatic heterocycles. The number of anilines is 1. The van der Waals surface area contributed by atoms with Crippen molar-refractivity contribution in [3.63, 3.8) is 0 Å². The highest BCUT2D eigenvalue weighted by Crippen LogP contribution is 2.34. The van der Waals surface area contributed by atoms with Gasteiger partial charge in [-0.05, 0) is 60.5 Å². The number of fused-ring (bicyclic) bond motifs is 1. The Morgan fingerprint density at radius 3 is 2.52 bits per heavy atom. The fraction of sp³-hybridized carbons (Fsp3) is 0.238. The fourth-order valence-corrected chi connectivity index (χ4v) is 3.17. The Bertz CT molecular complexity index is 1080. The maximum absolute atomic E-state index is 11.9. The van der Waals surface area contributed by atoms with E-state index in [9.17, 15) is 9.59 Å². The maximum Gasteiger partial charge on any atom is 0.404 e. The molecule has 4 N–H and O–H groups in total. The minimum Gasteiger partial charge on any atom is -0.465 e. The van der Waals surface area contributed by atoms with E-state index in [1.165, 1.54) is 0 Å². The number of aromatic nitrogens is 2. The van der Waals surface area contributed by atoms with E-state index >= 15 is 0 Å². The lowest BCUT2D eigenvalue weighted by atomic mass is 9.94. The quantitative estimate of drug-likeness (QED) is 0.526. The molecule has 0 saturated carbocycles. The van der Waals surface area contributed by atoms with Gasteiger partial charge in [-0.1, -0.05) is 12.1 Å². The minimum absolute atomic E-state index is 0.158. The predicted octanol–water partition coefficient (Wildman–Crippen LogP) is 3.82. The normalized spacial score (nSPS) is 10.6. The van der Waals surface area contributed by atoms with Gasteiger partial charge < -0.3 is 15.7 Å². The number of benzene rings is 1. The molecule has 29 heavy (non-hydrogen) atoms. The molecular weight excluding hydrogens is 370 g/mol. The van der Waals surface area contributed by atoms with E-state index in [1.54, 1.807) is 12.3 Å². The molecule has 0 aliphatic rings. The summed E-state index contributed by atoms with van der Waals surface area (Å²) in [5.41, 5.74) is 4.69. The number of rotatable bonds is 5. The third kappa shape index (κ3) is 4.60. The van der Waals surface area contributed by atoms with Crippen LogP contribution in [-0.2, 0) is 6.54 Å². The number of nitrogens with zero attached hydrogens (tertiary/aromatic N) is 2. The lowest BCUT2D eigenvalue weighted by Gasteiger charge is -2.15. The van der Waals surface area contributed by atoms with Crippen LogP contribution < -0.4 is 16.0 Å². The number of amides is 3. The molecule has 2 heterocycles. The summed E-state index contributed by atoms with van der Waals surface area (Å²) in [7, 11) is 0. The smallest absolute Gasteiger partial charge is 0.404 e. The second-order valence-electron chi connectivity index (χ2n) is 6.67. The molecule has 0 saturated heterocycles. The van der Waals surface area contributed by atoms with Gasteiger partial charge in [0.1, 0.15) is 5.82 Å². The van der Waals surface area contributed by atoms with Crippen molar-refractivity contribution in [2.45, 2.75) is 27.3 Å². The number of hydrogen-bond donors (Lipinski definition) is 4. The second-order valence-corrected chi connectivity index (χ2v) is 6.67. The first-order valence-electron chi connectivity index (χ1n) is 9.26. The van der Waals surface area contributed by atoms with Crippen LogP contribution in [-0.4, -0.2) is 33.7 Å². The Hall–Kier alpha value is -3.68. The van der Waals surface area contributed by atoms with Gasteiger partial charge in [-0.25, -0.2) is 14.6 Å². The van der Waals surface area contributed by atoms with Crippen LogP contribution in [0.2, 0.25) is 0 Å². The van der Waals surface area contributed by atoms with Crippen molar-refractivity contribution in [3.05, 3.63) is 53.5 Å². The molecule has 0 atom stereocenters.